The minimum atomic E-state index is 0.0674. The van der Waals surface area contributed by atoms with Crippen molar-refractivity contribution < 1.29 is 4.79 Å². The summed E-state index contributed by atoms with van der Waals surface area (Å²) in [5, 5.41) is 0. The molecule has 0 saturated heterocycles. The fraction of sp³-hybridized carbons (Fsp3) is 0.250. The van der Waals surface area contributed by atoms with Gasteiger partial charge in [-0.25, -0.2) is 4.98 Å². The first-order valence-electron chi connectivity index (χ1n) is 6.71. The normalized spacial score (nSPS) is 14.6. The number of halogens is 1. The molecule has 0 spiro atoms. The van der Waals surface area contributed by atoms with Crippen molar-refractivity contribution in [3.63, 3.8) is 0 Å². The Balaban J connectivity index is 1.76. The van der Waals surface area contributed by atoms with Crippen LogP contribution >= 0.6 is 15.9 Å². The number of fused-ring (bicyclic) bond motifs is 1. The third kappa shape index (κ3) is 2.75. The smallest absolute Gasteiger partial charge is 0.255 e. The van der Waals surface area contributed by atoms with Crippen molar-refractivity contribution >= 4 is 21.8 Å². The number of aromatic nitrogens is 1. The van der Waals surface area contributed by atoms with Crippen molar-refractivity contribution in [1.82, 2.24) is 9.88 Å². The zero-order chi connectivity index (χ0) is 13.9. The number of amides is 1. The summed E-state index contributed by atoms with van der Waals surface area (Å²) in [6.45, 7) is 1.54. The summed E-state index contributed by atoms with van der Waals surface area (Å²) < 4.78 is 0.748. The predicted octanol–water partition coefficient (Wildman–Crippen LogP) is 3.09. The Morgan fingerprint density at radius 1 is 1.05 bits per heavy atom. The van der Waals surface area contributed by atoms with Crippen molar-refractivity contribution in [3.05, 3.63) is 63.9 Å². The van der Waals surface area contributed by atoms with E-state index < -0.39 is 0 Å². The van der Waals surface area contributed by atoms with E-state index in [1.807, 2.05) is 11.0 Å². The van der Waals surface area contributed by atoms with Gasteiger partial charge in [-0.05, 0) is 52.0 Å². The van der Waals surface area contributed by atoms with Crippen LogP contribution in [0.25, 0.3) is 0 Å². The second kappa shape index (κ2) is 5.75. The third-order valence-electron chi connectivity index (χ3n) is 3.68. The molecule has 20 heavy (non-hydrogen) atoms. The first kappa shape index (κ1) is 13.3. The van der Waals surface area contributed by atoms with Gasteiger partial charge in [0.1, 0.15) is 4.60 Å². The van der Waals surface area contributed by atoms with E-state index in [4.69, 9.17) is 0 Å². The van der Waals surface area contributed by atoms with Crippen molar-refractivity contribution in [2.45, 2.75) is 12.8 Å². The molecule has 1 aliphatic heterocycles. The zero-order valence-corrected chi connectivity index (χ0v) is 12.6. The molecule has 0 bridgehead atoms. The molecule has 3 nitrogen and oxygen atoms in total. The molecule has 0 radical (unpaired) electrons. The summed E-state index contributed by atoms with van der Waals surface area (Å²) >= 11 is 3.29. The quantitative estimate of drug-likeness (QED) is 0.753. The van der Waals surface area contributed by atoms with Gasteiger partial charge < -0.3 is 4.90 Å². The van der Waals surface area contributed by atoms with Crippen LogP contribution in [-0.4, -0.2) is 28.9 Å². The first-order chi connectivity index (χ1) is 9.74. The molecule has 2 heterocycles. The van der Waals surface area contributed by atoms with Crippen molar-refractivity contribution in [2.24, 2.45) is 0 Å². The number of nitrogens with zero attached hydrogens (tertiary/aromatic N) is 2. The fourth-order valence-corrected chi connectivity index (χ4v) is 2.79. The Morgan fingerprint density at radius 3 is 2.25 bits per heavy atom. The van der Waals surface area contributed by atoms with Crippen molar-refractivity contribution in [3.8, 4) is 0 Å². The second-order valence-electron chi connectivity index (χ2n) is 4.93. The van der Waals surface area contributed by atoms with Crippen LogP contribution in [0.15, 0.2) is 47.2 Å². The molecule has 0 aliphatic carbocycles. The highest BCUT2D eigenvalue weighted by atomic mass is 79.9. The van der Waals surface area contributed by atoms with E-state index in [0.29, 0.717) is 5.56 Å². The highest BCUT2D eigenvalue weighted by Crippen LogP contribution is 2.17. The maximum Gasteiger partial charge on any atom is 0.255 e. The van der Waals surface area contributed by atoms with Crippen LogP contribution in [0.1, 0.15) is 21.5 Å². The molecule has 2 aromatic rings. The molecule has 1 aliphatic rings. The molecular formula is C16H15BrN2O. The number of hydrogen-bond donors (Lipinski definition) is 0. The average Bonchev–Trinajstić information content (AvgIpc) is 2.70. The summed E-state index contributed by atoms with van der Waals surface area (Å²) in [5.41, 5.74) is 3.37. The zero-order valence-electron chi connectivity index (χ0n) is 11.1. The van der Waals surface area contributed by atoms with Gasteiger partial charge in [0.15, 0.2) is 0 Å². The Hall–Kier alpha value is -1.68. The van der Waals surface area contributed by atoms with Gasteiger partial charge in [0.2, 0.25) is 0 Å². The lowest BCUT2D eigenvalue weighted by Crippen LogP contribution is -2.33. The summed E-state index contributed by atoms with van der Waals surface area (Å²) in [6, 6.07) is 12.1. The highest BCUT2D eigenvalue weighted by molar-refractivity contribution is 9.10. The van der Waals surface area contributed by atoms with Gasteiger partial charge in [0.05, 0.1) is 5.56 Å². The molecule has 0 N–H and O–H groups in total. The fourth-order valence-electron chi connectivity index (χ4n) is 2.56. The van der Waals surface area contributed by atoms with Gasteiger partial charge in [0.25, 0.3) is 5.91 Å². The van der Waals surface area contributed by atoms with Gasteiger partial charge in [-0.1, -0.05) is 24.3 Å². The summed E-state index contributed by atoms with van der Waals surface area (Å²) in [6.07, 6.45) is 3.47. The maximum absolute atomic E-state index is 12.5. The number of rotatable bonds is 1. The summed E-state index contributed by atoms with van der Waals surface area (Å²) in [4.78, 5) is 18.5. The van der Waals surface area contributed by atoms with Crippen molar-refractivity contribution in [1.29, 1.82) is 0 Å². The molecule has 4 heteroatoms. The van der Waals surface area contributed by atoms with E-state index in [0.717, 1.165) is 30.5 Å². The molecule has 1 amide bonds. The van der Waals surface area contributed by atoms with Gasteiger partial charge in [-0.15, -0.1) is 0 Å². The van der Waals surface area contributed by atoms with Gasteiger partial charge in [0, 0.05) is 19.3 Å². The van der Waals surface area contributed by atoms with Crippen LogP contribution in [0, 0.1) is 0 Å². The topological polar surface area (TPSA) is 33.2 Å². The molecule has 0 fully saturated rings. The summed E-state index contributed by atoms with van der Waals surface area (Å²) in [5.74, 6) is 0.0674. The summed E-state index contributed by atoms with van der Waals surface area (Å²) in [7, 11) is 0. The van der Waals surface area contributed by atoms with E-state index in [2.05, 4.69) is 45.2 Å². The minimum absolute atomic E-state index is 0.0674. The van der Waals surface area contributed by atoms with Gasteiger partial charge in [-0.2, -0.15) is 0 Å². The number of carbonyl (C=O) groups excluding carboxylic acids is 1. The third-order valence-corrected chi connectivity index (χ3v) is 4.15. The van der Waals surface area contributed by atoms with E-state index in [-0.39, 0.29) is 5.91 Å². The standard InChI is InChI=1S/C16H15BrN2O/c17-15-6-5-14(11-18-15)16(20)19-9-7-12-3-1-2-4-13(12)8-10-19/h1-6,11H,7-10H2. The molecule has 0 unspecified atom stereocenters. The van der Waals surface area contributed by atoms with Gasteiger partial charge >= 0.3 is 0 Å². The van der Waals surface area contributed by atoms with Crippen LogP contribution in [0.5, 0.6) is 0 Å². The molecule has 0 saturated carbocycles. The lowest BCUT2D eigenvalue weighted by Gasteiger charge is -2.20. The number of hydrogen-bond acceptors (Lipinski definition) is 2. The maximum atomic E-state index is 12.5. The average molecular weight is 331 g/mol. The lowest BCUT2D eigenvalue weighted by molar-refractivity contribution is 0.0762. The number of benzene rings is 1. The molecular weight excluding hydrogens is 316 g/mol. The Kier molecular flexibility index (Phi) is 3.83. The van der Waals surface area contributed by atoms with E-state index in [9.17, 15) is 4.79 Å². The Morgan fingerprint density at radius 2 is 1.70 bits per heavy atom. The first-order valence-corrected chi connectivity index (χ1v) is 7.51. The number of pyridine rings is 1. The predicted molar refractivity (Wildman–Crippen MR) is 81.7 cm³/mol. The van der Waals surface area contributed by atoms with Crippen LogP contribution in [0.2, 0.25) is 0 Å². The number of carbonyl (C=O) groups is 1. The minimum Gasteiger partial charge on any atom is -0.338 e. The SMILES string of the molecule is O=C(c1ccc(Br)nc1)N1CCc2ccccc2CC1. The lowest BCUT2D eigenvalue weighted by atomic mass is 10.0. The van der Waals surface area contributed by atoms with E-state index >= 15 is 0 Å². The van der Waals surface area contributed by atoms with E-state index in [1.54, 1.807) is 12.3 Å². The molecule has 3 rings (SSSR count). The molecule has 102 valence electrons. The molecule has 1 aromatic heterocycles. The second-order valence-corrected chi connectivity index (χ2v) is 5.74. The van der Waals surface area contributed by atoms with Crippen LogP contribution in [0.4, 0.5) is 0 Å². The Labute approximate surface area is 126 Å². The molecule has 0 atom stereocenters. The highest BCUT2D eigenvalue weighted by Gasteiger charge is 2.19. The van der Waals surface area contributed by atoms with E-state index in [1.165, 1.54) is 11.1 Å². The largest absolute Gasteiger partial charge is 0.338 e. The monoisotopic (exact) mass is 330 g/mol. The van der Waals surface area contributed by atoms with Crippen LogP contribution < -0.4 is 0 Å². The molecule has 1 aromatic carbocycles. The van der Waals surface area contributed by atoms with Crippen LogP contribution in [0.3, 0.4) is 0 Å². The van der Waals surface area contributed by atoms with Gasteiger partial charge in [-0.3, -0.25) is 4.79 Å². The Bertz CT molecular complexity index is 598. The van der Waals surface area contributed by atoms with Crippen LogP contribution in [-0.2, 0) is 12.8 Å². The van der Waals surface area contributed by atoms with Crippen molar-refractivity contribution in [2.75, 3.05) is 13.1 Å².